The molecule has 0 saturated carbocycles. The summed E-state index contributed by atoms with van der Waals surface area (Å²) in [6.07, 6.45) is 1.43. The van der Waals surface area contributed by atoms with Crippen molar-refractivity contribution in [3.05, 3.63) is 22.4 Å². The first-order chi connectivity index (χ1) is 9.63. The summed E-state index contributed by atoms with van der Waals surface area (Å²) in [5.74, 6) is 0.0842. The fourth-order valence-electron chi connectivity index (χ4n) is 2.47. The number of amides is 2. The van der Waals surface area contributed by atoms with Gasteiger partial charge in [0.2, 0.25) is 11.8 Å². The third-order valence-electron chi connectivity index (χ3n) is 3.64. The molecule has 20 heavy (non-hydrogen) atoms. The zero-order valence-corrected chi connectivity index (χ0v) is 12.5. The van der Waals surface area contributed by atoms with Crippen LogP contribution < -0.4 is 11.1 Å². The molecule has 0 aliphatic carbocycles. The molecule has 0 spiro atoms. The molecule has 3 N–H and O–H groups in total. The largest absolute Gasteiger partial charge is 0.356 e. The van der Waals surface area contributed by atoms with Gasteiger partial charge in [-0.05, 0) is 31.2 Å². The van der Waals surface area contributed by atoms with E-state index in [2.05, 4.69) is 5.32 Å². The molecule has 0 radical (unpaired) electrons. The van der Waals surface area contributed by atoms with Gasteiger partial charge in [-0.25, -0.2) is 0 Å². The molecule has 1 unspecified atom stereocenters. The maximum absolute atomic E-state index is 12.3. The fraction of sp³-hybridized carbons (Fsp3) is 0.571. The molecule has 1 fully saturated rings. The van der Waals surface area contributed by atoms with E-state index in [4.69, 9.17) is 5.73 Å². The summed E-state index contributed by atoms with van der Waals surface area (Å²) in [5.41, 5.74) is 6.00. The second-order valence-corrected chi connectivity index (χ2v) is 5.97. The molecule has 0 aromatic carbocycles. The van der Waals surface area contributed by atoms with Crippen molar-refractivity contribution in [2.45, 2.75) is 25.8 Å². The first-order valence-corrected chi connectivity index (χ1v) is 7.87. The molecule has 5 nitrogen and oxygen atoms in total. The highest BCUT2D eigenvalue weighted by atomic mass is 32.1. The van der Waals surface area contributed by atoms with E-state index in [-0.39, 0.29) is 17.7 Å². The summed E-state index contributed by atoms with van der Waals surface area (Å²) >= 11 is 1.50. The average molecular weight is 295 g/mol. The number of piperidine rings is 1. The molecule has 6 heteroatoms. The Morgan fingerprint density at radius 3 is 2.75 bits per heavy atom. The van der Waals surface area contributed by atoms with Gasteiger partial charge in [-0.3, -0.25) is 9.59 Å². The maximum Gasteiger partial charge on any atom is 0.244 e. The highest BCUT2D eigenvalue weighted by Crippen LogP contribution is 2.23. The maximum atomic E-state index is 12.3. The summed E-state index contributed by atoms with van der Waals surface area (Å²) < 4.78 is 0. The van der Waals surface area contributed by atoms with Crippen LogP contribution in [0.5, 0.6) is 0 Å². The van der Waals surface area contributed by atoms with Crippen molar-refractivity contribution >= 4 is 23.2 Å². The Hall–Kier alpha value is -1.40. The molecule has 2 rings (SSSR count). The van der Waals surface area contributed by atoms with Crippen LogP contribution in [0.1, 0.15) is 30.7 Å². The Bertz CT molecular complexity index is 453. The van der Waals surface area contributed by atoms with E-state index in [1.165, 1.54) is 11.3 Å². The standard InChI is InChI=1S/C14H21N3O2S/c1-2-16-13(18)10-5-7-17(8-6-10)14(19)12(15)11-4-3-9-20-11/h3-4,9-10,12H,2,5-8,15H2,1H3,(H,16,18). The van der Waals surface area contributed by atoms with Crippen LogP contribution in [0.15, 0.2) is 17.5 Å². The predicted octanol–water partition coefficient (Wildman–Crippen LogP) is 1.12. The van der Waals surface area contributed by atoms with Crippen LogP contribution >= 0.6 is 11.3 Å². The van der Waals surface area contributed by atoms with Gasteiger partial charge in [-0.2, -0.15) is 0 Å². The second-order valence-electron chi connectivity index (χ2n) is 4.99. The number of carbonyl (C=O) groups is 2. The molecule has 1 aliphatic rings. The lowest BCUT2D eigenvalue weighted by Crippen LogP contribution is -2.45. The van der Waals surface area contributed by atoms with E-state index in [9.17, 15) is 9.59 Å². The monoisotopic (exact) mass is 295 g/mol. The smallest absolute Gasteiger partial charge is 0.244 e. The van der Waals surface area contributed by atoms with E-state index in [1.54, 1.807) is 4.90 Å². The number of carbonyl (C=O) groups excluding carboxylic acids is 2. The molecule has 1 aromatic rings. The minimum Gasteiger partial charge on any atom is -0.356 e. The van der Waals surface area contributed by atoms with Crippen molar-refractivity contribution in [2.75, 3.05) is 19.6 Å². The molecule has 2 amide bonds. The topological polar surface area (TPSA) is 75.4 Å². The quantitative estimate of drug-likeness (QED) is 0.874. The molecular formula is C14H21N3O2S. The molecule has 2 heterocycles. The van der Waals surface area contributed by atoms with Crippen LogP contribution in [0.25, 0.3) is 0 Å². The van der Waals surface area contributed by atoms with Crippen molar-refractivity contribution in [3.63, 3.8) is 0 Å². The van der Waals surface area contributed by atoms with Gasteiger partial charge in [0.15, 0.2) is 0 Å². The number of thiophene rings is 1. The normalized spacial score (nSPS) is 17.8. The summed E-state index contributed by atoms with van der Waals surface area (Å²) in [7, 11) is 0. The molecule has 1 atom stereocenters. The summed E-state index contributed by atoms with van der Waals surface area (Å²) in [4.78, 5) is 26.7. The Labute approximate surface area is 123 Å². The minimum atomic E-state index is -0.573. The van der Waals surface area contributed by atoms with Crippen molar-refractivity contribution < 1.29 is 9.59 Å². The molecule has 110 valence electrons. The van der Waals surface area contributed by atoms with E-state index in [0.29, 0.717) is 32.5 Å². The number of nitrogens with zero attached hydrogens (tertiary/aromatic N) is 1. The van der Waals surface area contributed by atoms with Crippen LogP contribution in [0.3, 0.4) is 0 Å². The average Bonchev–Trinajstić information content (AvgIpc) is 3.00. The number of hydrogen-bond acceptors (Lipinski definition) is 4. The number of nitrogens with two attached hydrogens (primary N) is 1. The predicted molar refractivity (Wildman–Crippen MR) is 79.2 cm³/mol. The molecular weight excluding hydrogens is 274 g/mol. The molecule has 0 bridgehead atoms. The van der Waals surface area contributed by atoms with Crippen LogP contribution in [-0.2, 0) is 9.59 Å². The van der Waals surface area contributed by atoms with E-state index < -0.39 is 6.04 Å². The van der Waals surface area contributed by atoms with Gasteiger partial charge in [0.25, 0.3) is 0 Å². The van der Waals surface area contributed by atoms with Crippen LogP contribution in [0.4, 0.5) is 0 Å². The lowest BCUT2D eigenvalue weighted by Gasteiger charge is -2.32. The third-order valence-corrected chi connectivity index (χ3v) is 4.60. The first-order valence-electron chi connectivity index (χ1n) is 6.99. The fourth-order valence-corrected chi connectivity index (χ4v) is 3.19. The Balaban J connectivity index is 1.87. The lowest BCUT2D eigenvalue weighted by molar-refractivity contribution is -0.136. The van der Waals surface area contributed by atoms with E-state index in [0.717, 1.165) is 4.88 Å². The van der Waals surface area contributed by atoms with E-state index in [1.807, 2.05) is 24.4 Å². The highest BCUT2D eigenvalue weighted by molar-refractivity contribution is 7.10. The number of nitrogens with one attached hydrogen (secondary N) is 1. The van der Waals surface area contributed by atoms with Crippen molar-refractivity contribution in [1.82, 2.24) is 10.2 Å². The van der Waals surface area contributed by atoms with Gasteiger partial charge >= 0.3 is 0 Å². The van der Waals surface area contributed by atoms with Crippen LogP contribution in [0, 0.1) is 5.92 Å². The van der Waals surface area contributed by atoms with Gasteiger partial charge < -0.3 is 16.0 Å². The van der Waals surface area contributed by atoms with Crippen molar-refractivity contribution in [2.24, 2.45) is 11.7 Å². The number of hydrogen-bond donors (Lipinski definition) is 2. The second kappa shape index (κ2) is 6.85. The van der Waals surface area contributed by atoms with E-state index >= 15 is 0 Å². The molecule has 1 aromatic heterocycles. The number of rotatable bonds is 4. The zero-order valence-electron chi connectivity index (χ0n) is 11.7. The Kier molecular flexibility index (Phi) is 5.14. The Morgan fingerprint density at radius 2 is 2.20 bits per heavy atom. The van der Waals surface area contributed by atoms with Gasteiger partial charge in [0, 0.05) is 30.4 Å². The van der Waals surface area contributed by atoms with Crippen molar-refractivity contribution in [1.29, 1.82) is 0 Å². The third kappa shape index (κ3) is 3.37. The minimum absolute atomic E-state index is 0.0250. The summed E-state index contributed by atoms with van der Waals surface area (Å²) in [5, 5.41) is 4.76. The molecule has 1 saturated heterocycles. The van der Waals surface area contributed by atoms with Gasteiger partial charge in [0.05, 0.1) is 0 Å². The molecule has 1 aliphatic heterocycles. The Morgan fingerprint density at radius 1 is 1.50 bits per heavy atom. The summed E-state index contributed by atoms with van der Waals surface area (Å²) in [6, 6.07) is 3.21. The van der Waals surface area contributed by atoms with Gasteiger partial charge in [0.1, 0.15) is 6.04 Å². The summed E-state index contributed by atoms with van der Waals surface area (Å²) in [6.45, 7) is 3.79. The zero-order chi connectivity index (χ0) is 14.5. The SMILES string of the molecule is CCNC(=O)C1CCN(C(=O)C(N)c2cccs2)CC1. The first kappa shape index (κ1) is 15.0. The van der Waals surface area contributed by atoms with Gasteiger partial charge in [-0.15, -0.1) is 11.3 Å². The van der Waals surface area contributed by atoms with Crippen molar-refractivity contribution in [3.8, 4) is 0 Å². The lowest BCUT2D eigenvalue weighted by atomic mass is 9.95. The highest BCUT2D eigenvalue weighted by Gasteiger charge is 2.30. The number of likely N-dealkylation sites (tertiary alicyclic amines) is 1. The van der Waals surface area contributed by atoms with Gasteiger partial charge in [-0.1, -0.05) is 6.07 Å². The van der Waals surface area contributed by atoms with Crippen LogP contribution in [-0.4, -0.2) is 36.3 Å². The van der Waals surface area contributed by atoms with Crippen LogP contribution in [0.2, 0.25) is 0 Å².